The SMILES string of the molecule is C\C=C/C=C(\C=C\C)c1ccccc1C. The largest absolute Gasteiger partial charge is 0.0876 e. The lowest BCUT2D eigenvalue weighted by molar-refractivity contribution is 1.42. The number of benzene rings is 1. The molecule has 0 fully saturated rings. The second-order valence-electron chi connectivity index (χ2n) is 3.46. The second-order valence-corrected chi connectivity index (χ2v) is 3.46. The summed E-state index contributed by atoms with van der Waals surface area (Å²) in [7, 11) is 0. The van der Waals surface area contributed by atoms with E-state index < -0.39 is 0 Å². The minimum absolute atomic E-state index is 1.26. The van der Waals surface area contributed by atoms with Crippen LogP contribution in [0.1, 0.15) is 25.0 Å². The van der Waals surface area contributed by atoms with Gasteiger partial charge in [-0.3, -0.25) is 0 Å². The first kappa shape index (κ1) is 11.5. The van der Waals surface area contributed by atoms with Crippen LogP contribution in [0.3, 0.4) is 0 Å². The average molecular weight is 198 g/mol. The van der Waals surface area contributed by atoms with Gasteiger partial charge in [0.25, 0.3) is 0 Å². The predicted molar refractivity (Wildman–Crippen MR) is 68.8 cm³/mol. The van der Waals surface area contributed by atoms with Gasteiger partial charge in [0.1, 0.15) is 0 Å². The fourth-order valence-electron chi connectivity index (χ4n) is 1.51. The summed E-state index contributed by atoms with van der Waals surface area (Å²) in [6.07, 6.45) is 10.5. The monoisotopic (exact) mass is 198 g/mol. The third kappa shape index (κ3) is 3.25. The summed E-state index contributed by atoms with van der Waals surface area (Å²) < 4.78 is 0. The van der Waals surface area contributed by atoms with E-state index in [4.69, 9.17) is 0 Å². The highest BCUT2D eigenvalue weighted by atomic mass is 14.0. The van der Waals surface area contributed by atoms with Crippen LogP contribution >= 0.6 is 0 Å². The van der Waals surface area contributed by atoms with Gasteiger partial charge in [0.2, 0.25) is 0 Å². The van der Waals surface area contributed by atoms with Crippen LogP contribution in [0.15, 0.2) is 54.6 Å². The number of aryl methyl sites for hydroxylation is 1. The lowest BCUT2D eigenvalue weighted by Crippen LogP contribution is -1.85. The highest BCUT2D eigenvalue weighted by molar-refractivity contribution is 5.76. The molecule has 0 saturated carbocycles. The minimum atomic E-state index is 1.26. The molecular formula is C15H18. The molecule has 0 aliphatic rings. The van der Waals surface area contributed by atoms with E-state index in [1.807, 2.05) is 19.9 Å². The van der Waals surface area contributed by atoms with E-state index >= 15 is 0 Å². The van der Waals surface area contributed by atoms with Gasteiger partial charge in [0.15, 0.2) is 0 Å². The molecule has 0 amide bonds. The molecule has 0 aliphatic carbocycles. The maximum Gasteiger partial charge on any atom is -0.0155 e. The van der Waals surface area contributed by atoms with Crippen molar-refractivity contribution >= 4 is 5.57 Å². The van der Waals surface area contributed by atoms with Crippen LogP contribution in [-0.4, -0.2) is 0 Å². The molecule has 0 unspecified atom stereocenters. The normalized spacial score (nSPS) is 12.9. The molecule has 0 atom stereocenters. The Morgan fingerprint density at radius 1 is 1.07 bits per heavy atom. The molecule has 0 saturated heterocycles. The van der Waals surface area contributed by atoms with E-state index in [9.17, 15) is 0 Å². The molecule has 0 heteroatoms. The van der Waals surface area contributed by atoms with E-state index in [2.05, 4.69) is 55.5 Å². The summed E-state index contributed by atoms with van der Waals surface area (Å²) in [5.74, 6) is 0. The molecule has 1 aromatic rings. The first-order chi connectivity index (χ1) is 7.29. The first-order valence-electron chi connectivity index (χ1n) is 5.31. The zero-order valence-electron chi connectivity index (χ0n) is 9.70. The first-order valence-corrected chi connectivity index (χ1v) is 5.31. The van der Waals surface area contributed by atoms with Crippen LogP contribution in [-0.2, 0) is 0 Å². The van der Waals surface area contributed by atoms with Crippen molar-refractivity contribution in [1.82, 2.24) is 0 Å². The van der Waals surface area contributed by atoms with Crippen LogP contribution in [0.4, 0.5) is 0 Å². The molecule has 78 valence electrons. The number of hydrogen-bond donors (Lipinski definition) is 0. The molecule has 1 rings (SSSR count). The van der Waals surface area contributed by atoms with Gasteiger partial charge in [-0.15, -0.1) is 0 Å². The Morgan fingerprint density at radius 3 is 2.40 bits per heavy atom. The van der Waals surface area contributed by atoms with Gasteiger partial charge in [0.05, 0.1) is 0 Å². The third-order valence-corrected chi connectivity index (χ3v) is 2.27. The molecule has 1 aromatic carbocycles. The van der Waals surface area contributed by atoms with Crippen molar-refractivity contribution in [2.75, 3.05) is 0 Å². The Bertz CT molecular complexity index is 392. The van der Waals surface area contributed by atoms with Gasteiger partial charge in [-0.2, -0.15) is 0 Å². The fourth-order valence-corrected chi connectivity index (χ4v) is 1.51. The highest BCUT2D eigenvalue weighted by Gasteiger charge is 1.99. The lowest BCUT2D eigenvalue weighted by Gasteiger charge is -2.05. The fraction of sp³-hybridized carbons (Fsp3) is 0.200. The molecular weight excluding hydrogens is 180 g/mol. The Labute approximate surface area is 92.6 Å². The Kier molecular flexibility index (Phi) is 4.62. The number of rotatable bonds is 3. The van der Waals surface area contributed by atoms with Crippen molar-refractivity contribution < 1.29 is 0 Å². The molecule has 0 aliphatic heterocycles. The maximum absolute atomic E-state index is 2.16. The van der Waals surface area contributed by atoms with Gasteiger partial charge in [0, 0.05) is 0 Å². The molecule has 0 bridgehead atoms. The highest BCUT2D eigenvalue weighted by Crippen LogP contribution is 2.19. The van der Waals surface area contributed by atoms with E-state index in [0.29, 0.717) is 0 Å². The summed E-state index contributed by atoms with van der Waals surface area (Å²) in [5.41, 5.74) is 3.87. The summed E-state index contributed by atoms with van der Waals surface area (Å²) in [5, 5.41) is 0. The van der Waals surface area contributed by atoms with Crippen LogP contribution < -0.4 is 0 Å². The summed E-state index contributed by atoms with van der Waals surface area (Å²) in [6.45, 7) is 6.21. The van der Waals surface area contributed by atoms with E-state index in [0.717, 1.165) is 0 Å². The molecule has 0 nitrogen and oxygen atoms in total. The third-order valence-electron chi connectivity index (χ3n) is 2.27. The Hall–Kier alpha value is -1.56. The van der Waals surface area contributed by atoms with E-state index in [-0.39, 0.29) is 0 Å². The van der Waals surface area contributed by atoms with Gasteiger partial charge in [-0.1, -0.05) is 54.6 Å². The van der Waals surface area contributed by atoms with Gasteiger partial charge >= 0.3 is 0 Å². The van der Waals surface area contributed by atoms with Crippen molar-refractivity contribution in [1.29, 1.82) is 0 Å². The van der Waals surface area contributed by atoms with Gasteiger partial charge in [-0.25, -0.2) is 0 Å². The number of allylic oxidation sites excluding steroid dienone is 6. The van der Waals surface area contributed by atoms with Crippen LogP contribution in [0.2, 0.25) is 0 Å². The molecule has 0 N–H and O–H groups in total. The summed E-state index contributed by atoms with van der Waals surface area (Å²) in [4.78, 5) is 0. The topological polar surface area (TPSA) is 0 Å². The lowest BCUT2D eigenvalue weighted by atomic mass is 10.00. The second kappa shape index (κ2) is 6.02. The van der Waals surface area contributed by atoms with Crippen molar-refractivity contribution in [3.05, 3.63) is 65.8 Å². The maximum atomic E-state index is 2.16. The van der Waals surface area contributed by atoms with Gasteiger partial charge < -0.3 is 0 Å². The van der Waals surface area contributed by atoms with E-state index in [1.165, 1.54) is 16.7 Å². The molecule has 0 spiro atoms. The average Bonchev–Trinajstić information content (AvgIpc) is 2.25. The van der Waals surface area contributed by atoms with Crippen molar-refractivity contribution in [3.63, 3.8) is 0 Å². The van der Waals surface area contributed by atoms with Crippen molar-refractivity contribution in [2.45, 2.75) is 20.8 Å². The summed E-state index contributed by atoms with van der Waals surface area (Å²) >= 11 is 0. The number of hydrogen-bond acceptors (Lipinski definition) is 0. The standard InChI is InChI=1S/C15H18/c1-4-6-11-14(9-5-2)15-12-8-7-10-13(15)3/h4-12H,1-3H3/b6-4-,9-5+,14-11+. The van der Waals surface area contributed by atoms with Crippen LogP contribution in [0.25, 0.3) is 5.57 Å². The van der Waals surface area contributed by atoms with Gasteiger partial charge in [-0.05, 0) is 37.5 Å². The zero-order chi connectivity index (χ0) is 11.1. The van der Waals surface area contributed by atoms with Crippen molar-refractivity contribution in [3.8, 4) is 0 Å². The summed E-state index contributed by atoms with van der Waals surface area (Å²) in [6, 6.07) is 8.45. The van der Waals surface area contributed by atoms with Crippen LogP contribution in [0.5, 0.6) is 0 Å². The van der Waals surface area contributed by atoms with Crippen molar-refractivity contribution in [2.24, 2.45) is 0 Å². The Balaban J connectivity index is 3.16. The molecule has 0 heterocycles. The molecule has 0 radical (unpaired) electrons. The predicted octanol–water partition coefficient (Wildman–Crippen LogP) is 4.53. The quantitative estimate of drug-likeness (QED) is 0.626. The smallest absolute Gasteiger partial charge is 0.0155 e. The molecule has 15 heavy (non-hydrogen) atoms. The Morgan fingerprint density at radius 2 is 1.80 bits per heavy atom. The van der Waals surface area contributed by atoms with Crippen LogP contribution in [0, 0.1) is 6.92 Å². The molecule has 0 aromatic heterocycles. The minimum Gasteiger partial charge on any atom is -0.0876 e. The zero-order valence-corrected chi connectivity index (χ0v) is 9.70. The van der Waals surface area contributed by atoms with E-state index in [1.54, 1.807) is 0 Å².